The lowest BCUT2D eigenvalue weighted by Gasteiger charge is -2.15. The Balaban J connectivity index is 1.96. The van der Waals surface area contributed by atoms with Crippen LogP contribution < -0.4 is 10.6 Å². The van der Waals surface area contributed by atoms with Crippen molar-refractivity contribution in [3.8, 4) is 0 Å². The summed E-state index contributed by atoms with van der Waals surface area (Å²) in [4.78, 5) is 12.1. The molecule has 0 aromatic carbocycles. The Morgan fingerprint density at radius 2 is 2.41 bits per heavy atom. The monoisotopic (exact) mass is 236 g/mol. The van der Waals surface area contributed by atoms with Gasteiger partial charge in [0, 0.05) is 12.5 Å². The molecule has 2 rings (SSSR count). The van der Waals surface area contributed by atoms with E-state index in [1.807, 2.05) is 6.92 Å². The molecule has 2 N–H and O–H groups in total. The van der Waals surface area contributed by atoms with E-state index in [4.69, 9.17) is 4.42 Å². The molecule has 1 amide bonds. The van der Waals surface area contributed by atoms with Crippen LogP contribution in [0.2, 0.25) is 0 Å². The number of furan rings is 1. The van der Waals surface area contributed by atoms with Gasteiger partial charge in [-0.05, 0) is 38.4 Å². The first kappa shape index (κ1) is 12.2. The Kier molecular flexibility index (Phi) is 4.20. The zero-order valence-corrected chi connectivity index (χ0v) is 10.3. The molecule has 1 aliphatic rings. The van der Waals surface area contributed by atoms with E-state index < -0.39 is 0 Å². The van der Waals surface area contributed by atoms with E-state index in [1.54, 1.807) is 12.3 Å². The van der Waals surface area contributed by atoms with Crippen molar-refractivity contribution in [3.05, 3.63) is 23.7 Å². The molecule has 1 saturated heterocycles. The number of rotatable bonds is 3. The first-order valence-corrected chi connectivity index (χ1v) is 6.39. The summed E-state index contributed by atoms with van der Waals surface area (Å²) in [7, 11) is 0. The Bertz CT molecular complexity index is 365. The van der Waals surface area contributed by atoms with Gasteiger partial charge >= 0.3 is 0 Å². The van der Waals surface area contributed by atoms with E-state index in [0.29, 0.717) is 5.56 Å². The summed E-state index contributed by atoms with van der Waals surface area (Å²) in [6.07, 6.45) is 5.52. The molecule has 1 aromatic heterocycles. The highest BCUT2D eigenvalue weighted by atomic mass is 16.3. The minimum atomic E-state index is 0.00231. The van der Waals surface area contributed by atoms with E-state index >= 15 is 0 Å². The number of aryl methyl sites for hydroxylation is 1. The molecule has 1 fully saturated rings. The first-order chi connectivity index (χ1) is 8.31. The smallest absolute Gasteiger partial charge is 0.255 e. The summed E-state index contributed by atoms with van der Waals surface area (Å²) in [6, 6.07) is 2.04. The second kappa shape index (κ2) is 5.87. The molecule has 1 aliphatic heterocycles. The van der Waals surface area contributed by atoms with Gasteiger partial charge in [-0.2, -0.15) is 0 Å². The Labute approximate surface area is 102 Å². The molecular formula is C13H20N2O2. The van der Waals surface area contributed by atoms with Crippen molar-refractivity contribution in [2.45, 2.75) is 38.6 Å². The van der Waals surface area contributed by atoms with E-state index in [0.717, 1.165) is 44.5 Å². The molecule has 4 heteroatoms. The lowest BCUT2D eigenvalue weighted by molar-refractivity contribution is 0.0932. The van der Waals surface area contributed by atoms with Crippen LogP contribution in [0.3, 0.4) is 0 Å². The van der Waals surface area contributed by atoms with Gasteiger partial charge in [0.1, 0.15) is 5.76 Å². The quantitative estimate of drug-likeness (QED) is 0.840. The van der Waals surface area contributed by atoms with Gasteiger partial charge in [-0.15, -0.1) is 0 Å². The Morgan fingerprint density at radius 1 is 1.53 bits per heavy atom. The zero-order chi connectivity index (χ0) is 12.1. The summed E-state index contributed by atoms with van der Waals surface area (Å²) in [5, 5.41) is 6.44. The summed E-state index contributed by atoms with van der Waals surface area (Å²) in [5.74, 6) is 0.775. The Morgan fingerprint density at radius 3 is 3.24 bits per heavy atom. The normalized spacial score (nSPS) is 20.9. The number of amides is 1. The van der Waals surface area contributed by atoms with Crippen LogP contribution in [0.15, 0.2) is 16.7 Å². The maximum Gasteiger partial charge on any atom is 0.255 e. The lowest BCUT2D eigenvalue weighted by Crippen LogP contribution is -2.35. The van der Waals surface area contributed by atoms with Gasteiger partial charge in [0.2, 0.25) is 0 Å². The van der Waals surface area contributed by atoms with Gasteiger partial charge in [-0.3, -0.25) is 4.79 Å². The van der Waals surface area contributed by atoms with Gasteiger partial charge in [0.15, 0.2) is 0 Å². The number of carbonyl (C=O) groups excluding carboxylic acids is 1. The molecule has 1 unspecified atom stereocenters. The molecule has 1 atom stereocenters. The zero-order valence-electron chi connectivity index (χ0n) is 10.3. The van der Waals surface area contributed by atoms with Crippen molar-refractivity contribution in [2.75, 3.05) is 13.1 Å². The summed E-state index contributed by atoms with van der Waals surface area (Å²) in [5.41, 5.74) is 0.685. The van der Waals surface area contributed by atoms with Gasteiger partial charge < -0.3 is 15.1 Å². The van der Waals surface area contributed by atoms with Crippen molar-refractivity contribution in [1.29, 1.82) is 0 Å². The number of hydrogen-bond acceptors (Lipinski definition) is 3. The van der Waals surface area contributed by atoms with Crippen molar-refractivity contribution >= 4 is 5.91 Å². The predicted molar refractivity (Wildman–Crippen MR) is 66.1 cm³/mol. The fourth-order valence-corrected chi connectivity index (χ4v) is 2.24. The molecule has 0 radical (unpaired) electrons. The maximum atomic E-state index is 12.1. The third-order valence-corrected chi connectivity index (χ3v) is 3.22. The van der Waals surface area contributed by atoms with Crippen molar-refractivity contribution in [2.24, 2.45) is 0 Å². The lowest BCUT2D eigenvalue weighted by atomic mass is 10.1. The molecule has 17 heavy (non-hydrogen) atoms. The average molecular weight is 236 g/mol. The van der Waals surface area contributed by atoms with Crippen LogP contribution in [0.1, 0.15) is 42.3 Å². The third-order valence-electron chi connectivity index (χ3n) is 3.22. The largest absolute Gasteiger partial charge is 0.469 e. The van der Waals surface area contributed by atoms with Crippen molar-refractivity contribution in [3.63, 3.8) is 0 Å². The highest BCUT2D eigenvalue weighted by Gasteiger charge is 2.18. The minimum Gasteiger partial charge on any atom is -0.469 e. The van der Waals surface area contributed by atoms with E-state index in [-0.39, 0.29) is 11.9 Å². The fraction of sp³-hybridized carbons (Fsp3) is 0.615. The first-order valence-electron chi connectivity index (χ1n) is 6.39. The highest BCUT2D eigenvalue weighted by molar-refractivity contribution is 5.95. The molecule has 1 aromatic rings. The molecule has 2 heterocycles. The van der Waals surface area contributed by atoms with Crippen molar-refractivity contribution in [1.82, 2.24) is 10.6 Å². The predicted octanol–water partition coefficient (Wildman–Crippen LogP) is 1.71. The SMILES string of the molecule is CCc1occc1C(=O)NC1CCCNCC1. The molecule has 0 saturated carbocycles. The molecule has 0 aliphatic carbocycles. The second-order valence-corrected chi connectivity index (χ2v) is 4.46. The number of carbonyl (C=O) groups is 1. The van der Waals surface area contributed by atoms with Crippen LogP contribution in [0.25, 0.3) is 0 Å². The van der Waals surface area contributed by atoms with Crippen LogP contribution in [0, 0.1) is 0 Å². The molecule has 0 bridgehead atoms. The summed E-state index contributed by atoms with van der Waals surface area (Å²) in [6.45, 7) is 4.03. The third kappa shape index (κ3) is 3.09. The van der Waals surface area contributed by atoms with Crippen LogP contribution in [0.4, 0.5) is 0 Å². The number of nitrogens with one attached hydrogen (secondary N) is 2. The molecule has 0 spiro atoms. The second-order valence-electron chi connectivity index (χ2n) is 4.46. The van der Waals surface area contributed by atoms with Crippen LogP contribution >= 0.6 is 0 Å². The van der Waals surface area contributed by atoms with Gasteiger partial charge in [-0.1, -0.05) is 6.92 Å². The molecule has 94 valence electrons. The summed E-state index contributed by atoms with van der Waals surface area (Å²) < 4.78 is 5.28. The summed E-state index contributed by atoms with van der Waals surface area (Å²) >= 11 is 0. The van der Waals surface area contributed by atoms with Crippen LogP contribution in [-0.2, 0) is 6.42 Å². The topological polar surface area (TPSA) is 54.3 Å². The van der Waals surface area contributed by atoms with Crippen LogP contribution in [-0.4, -0.2) is 25.0 Å². The maximum absolute atomic E-state index is 12.1. The van der Waals surface area contributed by atoms with E-state index in [9.17, 15) is 4.79 Å². The standard InChI is InChI=1S/C13H20N2O2/c1-2-12-11(6-9-17-12)13(16)15-10-4-3-7-14-8-5-10/h6,9-10,14H,2-5,7-8H2,1H3,(H,15,16). The highest BCUT2D eigenvalue weighted by Crippen LogP contribution is 2.12. The Hall–Kier alpha value is -1.29. The average Bonchev–Trinajstić information content (AvgIpc) is 2.68. The van der Waals surface area contributed by atoms with Crippen LogP contribution in [0.5, 0.6) is 0 Å². The van der Waals surface area contributed by atoms with Crippen molar-refractivity contribution < 1.29 is 9.21 Å². The minimum absolute atomic E-state index is 0.00231. The van der Waals surface area contributed by atoms with Gasteiger partial charge in [-0.25, -0.2) is 0 Å². The fourth-order valence-electron chi connectivity index (χ4n) is 2.24. The number of hydrogen-bond donors (Lipinski definition) is 2. The molecular weight excluding hydrogens is 216 g/mol. The molecule has 4 nitrogen and oxygen atoms in total. The van der Waals surface area contributed by atoms with Gasteiger partial charge in [0.05, 0.1) is 11.8 Å². The van der Waals surface area contributed by atoms with E-state index in [1.165, 1.54) is 0 Å². The van der Waals surface area contributed by atoms with Gasteiger partial charge in [0.25, 0.3) is 5.91 Å². The van der Waals surface area contributed by atoms with E-state index in [2.05, 4.69) is 10.6 Å².